The molecule has 1 N–H and O–H groups in total. The average Bonchev–Trinajstić information content (AvgIpc) is 3.08. The normalized spacial score (nSPS) is 16.4. The Morgan fingerprint density at radius 1 is 1.50 bits per heavy atom. The second-order valence-corrected chi connectivity index (χ2v) is 7.47. The number of hydrogen-bond acceptors (Lipinski definition) is 4. The van der Waals surface area contributed by atoms with Crippen LogP contribution in [0, 0.1) is 6.92 Å². The van der Waals surface area contributed by atoms with Crippen LogP contribution in [0.25, 0.3) is 0 Å². The fourth-order valence-corrected chi connectivity index (χ4v) is 5.54. The van der Waals surface area contributed by atoms with E-state index < -0.39 is 10.0 Å². The van der Waals surface area contributed by atoms with Gasteiger partial charge in [0.15, 0.2) is 0 Å². The van der Waals surface area contributed by atoms with Crippen molar-refractivity contribution >= 4 is 21.4 Å². The molecular weight excluding hydrogens is 270 g/mol. The van der Waals surface area contributed by atoms with E-state index in [1.165, 1.54) is 11.3 Å². The van der Waals surface area contributed by atoms with Gasteiger partial charge in [-0.2, -0.15) is 4.31 Å². The van der Waals surface area contributed by atoms with Gasteiger partial charge in [0, 0.05) is 12.6 Å². The van der Waals surface area contributed by atoms with Crippen molar-refractivity contribution in [1.82, 2.24) is 4.31 Å². The fraction of sp³-hybridized carbons (Fsp3) is 0.667. The van der Waals surface area contributed by atoms with Crippen molar-refractivity contribution in [1.29, 1.82) is 0 Å². The molecule has 0 atom stereocenters. The zero-order valence-electron chi connectivity index (χ0n) is 10.7. The third-order valence-corrected chi connectivity index (χ3v) is 6.50. The molecule has 0 amide bonds. The summed E-state index contributed by atoms with van der Waals surface area (Å²) in [6.07, 6.45) is 2.72. The molecule has 1 heterocycles. The van der Waals surface area contributed by atoms with Crippen molar-refractivity contribution in [2.45, 2.75) is 50.7 Å². The molecule has 1 aromatic rings. The first-order valence-corrected chi connectivity index (χ1v) is 8.54. The summed E-state index contributed by atoms with van der Waals surface area (Å²) < 4.78 is 27.0. The molecule has 0 spiro atoms. The quantitative estimate of drug-likeness (QED) is 0.872. The second-order valence-electron chi connectivity index (χ2n) is 4.68. The van der Waals surface area contributed by atoms with E-state index in [9.17, 15) is 13.5 Å². The van der Waals surface area contributed by atoms with Crippen molar-refractivity contribution in [3.63, 3.8) is 0 Å². The van der Waals surface area contributed by atoms with Crippen molar-refractivity contribution in [2.24, 2.45) is 0 Å². The lowest BCUT2D eigenvalue weighted by molar-refractivity contribution is 0.282. The first kappa shape index (κ1) is 14.0. The van der Waals surface area contributed by atoms with Crippen molar-refractivity contribution in [3.05, 3.63) is 15.8 Å². The minimum absolute atomic E-state index is 0.167. The lowest BCUT2D eigenvalue weighted by atomic mass is 10.3. The number of thiophene rings is 1. The molecule has 102 valence electrons. The van der Waals surface area contributed by atoms with Crippen LogP contribution in [-0.4, -0.2) is 30.4 Å². The standard InChI is InChI=1S/C12H19NO3S2/c1-3-6-13(10-4-5-10)18(15,16)12-9(2)8-17-11(12)7-14/h8,10,14H,3-7H2,1-2H3. The molecule has 1 saturated carbocycles. The SMILES string of the molecule is CCCN(C1CC1)S(=O)(=O)c1c(C)csc1CO. The number of sulfonamides is 1. The van der Waals surface area contributed by atoms with E-state index in [1.807, 2.05) is 6.92 Å². The molecule has 0 aliphatic heterocycles. The van der Waals surface area contributed by atoms with Gasteiger partial charge >= 0.3 is 0 Å². The molecule has 0 unspecified atom stereocenters. The van der Waals surface area contributed by atoms with Crippen molar-refractivity contribution in [2.75, 3.05) is 6.54 Å². The summed E-state index contributed by atoms with van der Waals surface area (Å²) in [5, 5.41) is 11.1. The Hall–Kier alpha value is -0.430. The minimum atomic E-state index is -3.45. The lowest BCUT2D eigenvalue weighted by Crippen LogP contribution is -2.34. The number of aryl methyl sites for hydroxylation is 1. The summed E-state index contributed by atoms with van der Waals surface area (Å²) in [7, 11) is -3.45. The molecule has 4 nitrogen and oxygen atoms in total. The van der Waals surface area contributed by atoms with Crippen LogP contribution in [0.4, 0.5) is 0 Å². The Labute approximate surface area is 112 Å². The average molecular weight is 289 g/mol. The summed E-state index contributed by atoms with van der Waals surface area (Å²) >= 11 is 1.31. The summed E-state index contributed by atoms with van der Waals surface area (Å²) in [6, 6.07) is 0.167. The molecule has 1 aliphatic rings. The third-order valence-electron chi connectivity index (χ3n) is 3.10. The van der Waals surface area contributed by atoms with Gasteiger partial charge < -0.3 is 5.11 Å². The fourth-order valence-electron chi connectivity index (χ4n) is 2.14. The maximum atomic E-state index is 12.7. The zero-order valence-corrected chi connectivity index (χ0v) is 12.4. The van der Waals surface area contributed by atoms with Crippen LogP contribution in [-0.2, 0) is 16.6 Å². The van der Waals surface area contributed by atoms with Gasteiger partial charge in [-0.1, -0.05) is 6.92 Å². The molecule has 1 fully saturated rings. The minimum Gasteiger partial charge on any atom is -0.391 e. The van der Waals surface area contributed by atoms with Gasteiger partial charge in [-0.05, 0) is 37.1 Å². The summed E-state index contributed by atoms with van der Waals surface area (Å²) in [5.74, 6) is 0. The number of aliphatic hydroxyl groups is 1. The topological polar surface area (TPSA) is 57.6 Å². The van der Waals surface area contributed by atoms with Crippen LogP contribution in [0.1, 0.15) is 36.6 Å². The predicted molar refractivity (Wildman–Crippen MR) is 72.2 cm³/mol. The number of aliphatic hydroxyl groups excluding tert-OH is 1. The Balaban J connectivity index is 2.42. The third kappa shape index (κ3) is 2.47. The van der Waals surface area contributed by atoms with E-state index in [4.69, 9.17) is 0 Å². The smallest absolute Gasteiger partial charge is 0.244 e. The Morgan fingerprint density at radius 3 is 2.67 bits per heavy atom. The molecule has 0 radical (unpaired) electrons. The van der Waals surface area contributed by atoms with E-state index in [-0.39, 0.29) is 12.6 Å². The summed E-state index contributed by atoms with van der Waals surface area (Å²) in [5.41, 5.74) is 0.741. The Bertz CT molecular complexity index is 517. The van der Waals surface area contributed by atoms with Gasteiger partial charge in [0.1, 0.15) is 4.90 Å². The molecule has 0 aromatic carbocycles. The summed E-state index contributed by atoms with van der Waals surface area (Å²) in [4.78, 5) is 0.879. The molecule has 1 aliphatic carbocycles. The largest absolute Gasteiger partial charge is 0.391 e. The molecule has 0 bridgehead atoms. The van der Waals surface area contributed by atoms with Crippen LogP contribution in [0.3, 0.4) is 0 Å². The zero-order chi connectivity index (χ0) is 13.3. The maximum Gasteiger partial charge on any atom is 0.244 e. The van der Waals surface area contributed by atoms with E-state index in [0.29, 0.717) is 16.3 Å². The van der Waals surface area contributed by atoms with E-state index in [2.05, 4.69) is 0 Å². The van der Waals surface area contributed by atoms with Crippen molar-refractivity contribution in [3.8, 4) is 0 Å². The highest BCUT2D eigenvalue weighted by Crippen LogP contribution is 2.36. The first-order chi connectivity index (χ1) is 8.52. The highest BCUT2D eigenvalue weighted by atomic mass is 32.2. The second kappa shape index (κ2) is 5.28. The molecule has 18 heavy (non-hydrogen) atoms. The monoisotopic (exact) mass is 289 g/mol. The first-order valence-electron chi connectivity index (χ1n) is 6.22. The number of nitrogens with zero attached hydrogens (tertiary/aromatic N) is 1. The van der Waals surface area contributed by atoms with Gasteiger partial charge in [0.2, 0.25) is 10.0 Å². The Morgan fingerprint density at radius 2 is 2.17 bits per heavy atom. The van der Waals surface area contributed by atoms with Crippen LogP contribution < -0.4 is 0 Å². The summed E-state index contributed by atoms with van der Waals surface area (Å²) in [6.45, 7) is 4.13. The highest BCUT2D eigenvalue weighted by Gasteiger charge is 2.39. The van der Waals surface area contributed by atoms with Gasteiger partial charge in [0.25, 0.3) is 0 Å². The molecular formula is C12H19NO3S2. The van der Waals surface area contributed by atoms with Crippen LogP contribution in [0.2, 0.25) is 0 Å². The van der Waals surface area contributed by atoms with Crippen molar-refractivity contribution < 1.29 is 13.5 Å². The molecule has 6 heteroatoms. The van der Waals surface area contributed by atoms with Gasteiger partial charge in [-0.25, -0.2) is 8.42 Å². The number of hydrogen-bond donors (Lipinski definition) is 1. The number of rotatable bonds is 6. The molecule has 2 rings (SSSR count). The van der Waals surface area contributed by atoms with E-state index in [0.717, 1.165) is 24.8 Å². The van der Waals surface area contributed by atoms with Crippen LogP contribution in [0.15, 0.2) is 10.3 Å². The van der Waals surface area contributed by atoms with E-state index in [1.54, 1.807) is 16.6 Å². The lowest BCUT2D eigenvalue weighted by Gasteiger charge is -2.21. The van der Waals surface area contributed by atoms with Crippen LogP contribution in [0.5, 0.6) is 0 Å². The van der Waals surface area contributed by atoms with Gasteiger partial charge in [-0.15, -0.1) is 11.3 Å². The van der Waals surface area contributed by atoms with E-state index >= 15 is 0 Å². The molecule has 1 aromatic heterocycles. The highest BCUT2D eigenvalue weighted by molar-refractivity contribution is 7.89. The van der Waals surface area contributed by atoms with Gasteiger partial charge in [0.05, 0.1) is 11.5 Å². The van der Waals surface area contributed by atoms with Gasteiger partial charge in [-0.3, -0.25) is 0 Å². The molecule has 0 saturated heterocycles. The maximum absolute atomic E-state index is 12.7. The van der Waals surface area contributed by atoms with Crippen LogP contribution >= 0.6 is 11.3 Å². The Kier molecular flexibility index (Phi) is 4.11. The predicted octanol–water partition coefficient (Wildman–Crippen LogP) is 2.11.